The van der Waals surface area contributed by atoms with Gasteiger partial charge in [0.15, 0.2) is 0 Å². The number of fused-ring (bicyclic) bond motifs is 1. The van der Waals surface area contributed by atoms with E-state index in [2.05, 4.69) is 56.7 Å². The Morgan fingerprint density at radius 2 is 2.06 bits per heavy atom. The van der Waals surface area contributed by atoms with Crippen molar-refractivity contribution in [3.63, 3.8) is 0 Å². The minimum absolute atomic E-state index is 0.00696. The van der Waals surface area contributed by atoms with E-state index in [0.717, 1.165) is 67.7 Å². The van der Waals surface area contributed by atoms with E-state index in [9.17, 15) is 4.79 Å². The van der Waals surface area contributed by atoms with Crippen molar-refractivity contribution in [2.45, 2.75) is 51.2 Å². The molecule has 6 nitrogen and oxygen atoms in total. The molecule has 3 aromatic rings. The predicted molar refractivity (Wildman–Crippen MR) is 139 cm³/mol. The largest absolute Gasteiger partial charge is 0.368 e. The van der Waals surface area contributed by atoms with Crippen LogP contribution in [-0.2, 0) is 4.79 Å². The summed E-state index contributed by atoms with van der Waals surface area (Å²) in [5.74, 6) is 0.270. The van der Waals surface area contributed by atoms with Gasteiger partial charge in [-0.3, -0.25) is 4.79 Å². The van der Waals surface area contributed by atoms with Crippen molar-refractivity contribution in [2.24, 2.45) is 0 Å². The fourth-order valence-electron chi connectivity index (χ4n) is 5.33. The Morgan fingerprint density at radius 1 is 1.21 bits per heavy atom. The van der Waals surface area contributed by atoms with Crippen LogP contribution in [0.4, 0.5) is 5.69 Å². The van der Waals surface area contributed by atoms with Crippen LogP contribution >= 0.6 is 23.2 Å². The lowest BCUT2D eigenvalue weighted by Crippen LogP contribution is -2.58. The summed E-state index contributed by atoms with van der Waals surface area (Å²) in [6.07, 6.45) is 4.86. The number of aromatic nitrogens is 2. The van der Waals surface area contributed by atoms with Gasteiger partial charge in [0.05, 0.1) is 29.4 Å². The first kappa shape index (κ1) is 23.5. The van der Waals surface area contributed by atoms with E-state index in [1.165, 1.54) is 0 Å². The van der Waals surface area contributed by atoms with Crippen LogP contribution in [0.3, 0.4) is 0 Å². The average molecular weight is 500 g/mol. The van der Waals surface area contributed by atoms with Gasteiger partial charge in [-0.15, -0.1) is 0 Å². The lowest BCUT2D eigenvalue weighted by molar-refractivity contribution is -0.136. The molecule has 0 aliphatic carbocycles. The average Bonchev–Trinajstić information content (AvgIpc) is 3.53. The van der Waals surface area contributed by atoms with Crippen molar-refractivity contribution in [2.75, 3.05) is 31.1 Å². The highest BCUT2D eigenvalue weighted by molar-refractivity contribution is 6.35. The minimum Gasteiger partial charge on any atom is -0.368 e. The number of anilines is 1. The van der Waals surface area contributed by atoms with Crippen molar-refractivity contribution in [3.05, 3.63) is 58.3 Å². The molecule has 3 atom stereocenters. The lowest BCUT2D eigenvalue weighted by Gasteiger charge is -2.43. The summed E-state index contributed by atoms with van der Waals surface area (Å²) >= 11 is 12.6. The number of carbonyl (C=O) groups is 1. The number of hydrogen-bond acceptors (Lipinski definition) is 4. The summed E-state index contributed by atoms with van der Waals surface area (Å²) in [4.78, 5) is 22.2. The monoisotopic (exact) mass is 499 g/mol. The molecular weight excluding hydrogens is 469 g/mol. The van der Waals surface area contributed by atoms with Gasteiger partial charge in [-0.25, -0.2) is 4.98 Å². The van der Waals surface area contributed by atoms with Gasteiger partial charge in [-0.2, -0.15) is 0 Å². The summed E-state index contributed by atoms with van der Waals surface area (Å²) in [5, 5.41) is 4.65. The molecule has 0 unspecified atom stereocenters. The fraction of sp³-hybridized carbons (Fsp3) is 0.462. The molecule has 5 rings (SSSR count). The van der Waals surface area contributed by atoms with Gasteiger partial charge in [0.1, 0.15) is 0 Å². The number of carbonyl (C=O) groups excluding carboxylic acids is 1. The molecule has 2 aliphatic heterocycles. The number of imidazole rings is 1. The van der Waals surface area contributed by atoms with E-state index in [0.29, 0.717) is 10.0 Å². The number of nitrogens with one attached hydrogen (secondary N) is 1. The van der Waals surface area contributed by atoms with E-state index in [1.54, 1.807) is 6.07 Å². The van der Waals surface area contributed by atoms with Crippen LogP contribution in [0.1, 0.15) is 44.7 Å². The number of halogens is 2. The molecule has 34 heavy (non-hydrogen) atoms. The molecule has 0 radical (unpaired) electrons. The Balaban J connectivity index is 1.39. The maximum atomic E-state index is 13.1. The highest BCUT2D eigenvalue weighted by atomic mass is 35.5. The molecule has 2 saturated heterocycles. The Hall–Kier alpha value is -2.28. The second-order valence-corrected chi connectivity index (χ2v) is 10.2. The van der Waals surface area contributed by atoms with Crippen molar-refractivity contribution < 1.29 is 4.79 Å². The molecular formula is C26H31Cl2N5O. The topological polar surface area (TPSA) is 53.4 Å². The summed E-state index contributed by atoms with van der Waals surface area (Å²) in [7, 11) is 0. The number of hydrogen-bond donors (Lipinski definition) is 1. The normalized spacial score (nSPS) is 21.9. The van der Waals surface area contributed by atoms with Crippen LogP contribution in [0.15, 0.2) is 42.7 Å². The molecule has 0 bridgehead atoms. The van der Waals surface area contributed by atoms with E-state index in [1.807, 2.05) is 18.5 Å². The highest BCUT2D eigenvalue weighted by Crippen LogP contribution is 2.32. The first-order chi connectivity index (χ1) is 16.5. The number of piperazine rings is 1. The van der Waals surface area contributed by atoms with Crippen LogP contribution < -0.4 is 10.2 Å². The Morgan fingerprint density at radius 3 is 2.79 bits per heavy atom. The van der Waals surface area contributed by atoms with E-state index in [-0.39, 0.29) is 24.0 Å². The van der Waals surface area contributed by atoms with Gasteiger partial charge < -0.3 is 19.7 Å². The zero-order valence-electron chi connectivity index (χ0n) is 19.7. The number of benzene rings is 2. The number of rotatable bonds is 5. The third kappa shape index (κ3) is 4.39. The predicted octanol–water partition coefficient (Wildman–Crippen LogP) is 5.13. The van der Waals surface area contributed by atoms with Gasteiger partial charge in [0, 0.05) is 41.4 Å². The summed E-state index contributed by atoms with van der Waals surface area (Å²) in [6, 6.07) is 12.3. The molecule has 1 amide bonds. The molecule has 1 aromatic heterocycles. The Kier molecular flexibility index (Phi) is 6.74. The quantitative estimate of drug-likeness (QED) is 0.528. The first-order valence-corrected chi connectivity index (χ1v) is 12.9. The lowest BCUT2D eigenvalue weighted by atomic mass is 10.1. The SMILES string of the molecule is CC[C@@H]1CN(c2ccc3ncn([C@H](C)c4ccc(Cl)cc4Cl)c3c2)CCN1C(=O)[C@H]1CCCN1. The molecule has 2 aromatic carbocycles. The molecule has 2 aliphatic rings. The van der Waals surface area contributed by atoms with Crippen molar-refractivity contribution >= 4 is 45.8 Å². The standard InChI is InChI=1S/C26H31Cl2N5O/c1-3-19-15-31(11-12-32(19)26(34)24-5-4-10-29-24)20-7-9-23-25(14-20)33(16-30-23)17(2)21-8-6-18(27)13-22(21)28/h6-9,13-14,16-17,19,24,29H,3-5,10-12,15H2,1-2H3/t17-,19-,24-/m1/s1. The maximum Gasteiger partial charge on any atom is 0.240 e. The first-order valence-electron chi connectivity index (χ1n) is 12.2. The van der Waals surface area contributed by atoms with Gasteiger partial charge in [-0.1, -0.05) is 36.2 Å². The number of nitrogens with zero attached hydrogens (tertiary/aromatic N) is 4. The van der Waals surface area contributed by atoms with Crippen LogP contribution in [0.25, 0.3) is 11.0 Å². The second kappa shape index (κ2) is 9.76. The summed E-state index contributed by atoms with van der Waals surface area (Å²) < 4.78 is 2.16. The second-order valence-electron chi connectivity index (χ2n) is 9.36. The summed E-state index contributed by atoms with van der Waals surface area (Å²) in [5.41, 5.74) is 4.19. The van der Waals surface area contributed by atoms with Crippen LogP contribution in [0, 0.1) is 0 Å². The highest BCUT2D eigenvalue weighted by Gasteiger charge is 2.34. The molecule has 0 spiro atoms. The van der Waals surface area contributed by atoms with Gasteiger partial charge in [-0.05, 0) is 68.6 Å². The van der Waals surface area contributed by atoms with Crippen LogP contribution in [0.5, 0.6) is 0 Å². The molecule has 3 heterocycles. The van der Waals surface area contributed by atoms with Crippen molar-refractivity contribution in [3.8, 4) is 0 Å². The zero-order valence-corrected chi connectivity index (χ0v) is 21.2. The molecule has 2 fully saturated rings. The van der Waals surface area contributed by atoms with Crippen molar-refractivity contribution in [1.82, 2.24) is 19.8 Å². The van der Waals surface area contributed by atoms with Gasteiger partial charge >= 0.3 is 0 Å². The molecule has 0 saturated carbocycles. The van der Waals surface area contributed by atoms with Gasteiger partial charge in [0.25, 0.3) is 0 Å². The molecule has 180 valence electrons. The maximum absolute atomic E-state index is 13.1. The van der Waals surface area contributed by atoms with E-state index < -0.39 is 0 Å². The van der Waals surface area contributed by atoms with E-state index >= 15 is 0 Å². The molecule has 1 N–H and O–H groups in total. The Labute approximate surface area is 210 Å². The third-order valence-electron chi connectivity index (χ3n) is 7.35. The molecule has 8 heteroatoms. The summed E-state index contributed by atoms with van der Waals surface area (Å²) in [6.45, 7) is 7.66. The third-order valence-corrected chi connectivity index (χ3v) is 7.91. The van der Waals surface area contributed by atoms with Crippen molar-refractivity contribution in [1.29, 1.82) is 0 Å². The van der Waals surface area contributed by atoms with Crippen LogP contribution in [-0.4, -0.2) is 58.6 Å². The van der Waals surface area contributed by atoms with Gasteiger partial charge in [0.2, 0.25) is 5.91 Å². The smallest absolute Gasteiger partial charge is 0.240 e. The number of amides is 1. The fourth-order valence-corrected chi connectivity index (χ4v) is 5.90. The van der Waals surface area contributed by atoms with Crippen LogP contribution in [0.2, 0.25) is 10.0 Å². The minimum atomic E-state index is -0.00696. The zero-order chi connectivity index (χ0) is 23.8. The Bertz CT molecular complexity index is 1190. The van der Waals surface area contributed by atoms with E-state index in [4.69, 9.17) is 23.2 Å².